The molecular weight excluding hydrogens is 202 g/mol. The summed E-state index contributed by atoms with van der Waals surface area (Å²) in [5.41, 5.74) is 2.72. The van der Waals surface area contributed by atoms with Crippen molar-refractivity contribution >= 4 is 17.9 Å². The Morgan fingerprint density at radius 2 is 2.00 bits per heavy atom. The lowest BCUT2D eigenvalue weighted by Crippen LogP contribution is -2.54. The zero-order chi connectivity index (χ0) is 11.9. The summed E-state index contributed by atoms with van der Waals surface area (Å²) in [6, 6.07) is 0. The molecule has 1 heterocycles. The van der Waals surface area contributed by atoms with Gasteiger partial charge >= 0.3 is 17.9 Å². The van der Waals surface area contributed by atoms with Crippen LogP contribution >= 0.6 is 0 Å². The number of esters is 3. The van der Waals surface area contributed by atoms with E-state index >= 15 is 0 Å². The summed E-state index contributed by atoms with van der Waals surface area (Å²) in [5, 5.41) is 0. The number of carbonyl (C=O) groups is 3. The summed E-state index contributed by atoms with van der Waals surface area (Å²) in [6.45, 7) is 4.91. The molecule has 1 rings (SSSR count). The zero-order valence-corrected chi connectivity index (χ0v) is 8.83. The highest BCUT2D eigenvalue weighted by Crippen LogP contribution is 2.22. The summed E-state index contributed by atoms with van der Waals surface area (Å²) in [4.78, 5) is 33.5. The third kappa shape index (κ3) is 2.33. The summed E-state index contributed by atoms with van der Waals surface area (Å²) in [7, 11) is 0. The highest BCUT2D eigenvalue weighted by Gasteiger charge is 2.54. The molecule has 1 saturated heterocycles. The Morgan fingerprint density at radius 1 is 1.47 bits per heavy atom. The second kappa shape index (κ2) is 3.30. The second-order valence-corrected chi connectivity index (χ2v) is 4.41. The van der Waals surface area contributed by atoms with E-state index in [0.29, 0.717) is 0 Å². The van der Waals surface area contributed by atoms with Gasteiger partial charge in [0, 0.05) is 0 Å². The first kappa shape index (κ1) is 11.6. The zero-order valence-electron chi connectivity index (χ0n) is 8.83. The number of nitrogens with two attached hydrogens (primary N) is 1. The van der Waals surface area contributed by atoms with Crippen LogP contribution in [-0.4, -0.2) is 29.0 Å². The van der Waals surface area contributed by atoms with Gasteiger partial charge in [-0.1, -0.05) is 0 Å². The van der Waals surface area contributed by atoms with Crippen LogP contribution in [0.2, 0.25) is 0 Å². The van der Waals surface area contributed by atoms with Crippen LogP contribution in [0.5, 0.6) is 0 Å². The van der Waals surface area contributed by atoms with Crippen LogP contribution in [0.3, 0.4) is 0 Å². The molecule has 0 aromatic heterocycles. The van der Waals surface area contributed by atoms with Crippen LogP contribution in [-0.2, 0) is 23.9 Å². The standard InChI is InChI=1S/C9H13NO5/c1-8(2,3)15-7(13)9(10)4-5(11)14-6(9)12/h4,10H2,1-3H3/t9-/m1/s1. The normalized spacial score (nSPS) is 26.4. The Kier molecular flexibility index (Phi) is 2.56. The molecule has 6 heteroatoms. The third-order valence-corrected chi connectivity index (χ3v) is 1.76. The Labute approximate surface area is 86.7 Å². The number of hydrogen-bond donors (Lipinski definition) is 1. The summed E-state index contributed by atoms with van der Waals surface area (Å²) in [5.74, 6) is -2.80. The third-order valence-electron chi connectivity index (χ3n) is 1.76. The number of carbonyl (C=O) groups excluding carboxylic acids is 3. The van der Waals surface area contributed by atoms with Gasteiger partial charge in [0.25, 0.3) is 0 Å². The lowest BCUT2D eigenvalue weighted by molar-refractivity contribution is -0.166. The predicted octanol–water partition coefficient (Wildman–Crippen LogP) is -0.501. The van der Waals surface area contributed by atoms with E-state index in [1.54, 1.807) is 20.8 Å². The minimum absolute atomic E-state index is 0.471. The molecule has 0 saturated carbocycles. The van der Waals surface area contributed by atoms with Gasteiger partial charge in [-0.25, -0.2) is 9.59 Å². The van der Waals surface area contributed by atoms with Crippen molar-refractivity contribution in [2.45, 2.75) is 38.3 Å². The molecule has 2 N–H and O–H groups in total. The Balaban J connectivity index is 2.83. The van der Waals surface area contributed by atoms with Crippen LogP contribution in [0.1, 0.15) is 27.2 Å². The molecule has 1 aliphatic heterocycles. The van der Waals surface area contributed by atoms with E-state index in [0.717, 1.165) is 0 Å². The van der Waals surface area contributed by atoms with Crippen molar-refractivity contribution < 1.29 is 23.9 Å². The minimum Gasteiger partial charge on any atom is -0.458 e. The minimum atomic E-state index is -1.98. The second-order valence-electron chi connectivity index (χ2n) is 4.41. The topological polar surface area (TPSA) is 95.7 Å². The molecule has 0 bridgehead atoms. The van der Waals surface area contributed by atoms with Crippen molar-refractivity contribution in [3.8, 4) is 0 Å². The first-order valence-electron chi connectivity index (χ1n) is 4.42. The lowest BCUT2D eigenvalue weighted by atomic mass is 9.99. The largest absolute Gasteiger partial charge is 0.458 e. The van der Waals surface area contributed by atoms with Crippen LogP contribution in [0, 0.1) is 0 Å². The van der Waals surface area contributed by atoms with E-state index in [1.165, 1.54) is 0 Å². The maximum atomic E-state index is 11.5. The van der Waals surface area contributed by atoms with Gasteiger partial charge in [0.15, 0.2) is 0 Å². The average molecular weight is 215 g/mol. The predicted molar refractivity (Wildman–Crippen MR) is 48.5 cm³/mol. The van der Waals surface area contributed by atoms with Crippen molar-refractivity contribution in [2.75, 3.05) is 0 Å². The molecule has 1 atom stereocenters. The van der Waals surface area contributed by atoms with Gasteiger partial charge in [-0.3, -0.25) is 4.79 Å². The van der Waals surface area contributed by atoms with Crippen molar-refractivity contribution in [1.29, 1.82) is 0 Å². The van der Waals surface area contributed by atoms with Gasteiger partial charge in [0.05, 0.1) is 6.42 Å². The molecule has 0 amide bonds. The van der Waals surface area contributed by atoms with E-state index < -0.39 is 35.5 Å². The maximum Gasteiger partial charge on any atom is 0.346 e. The van der Waals surface area contributed by atoms with E-state index in [9.17, 15) is 14.4 Å². The quantitative estimate of drug-likeness (QED) is 0.468. The Hall–Kier alpha value is -1.43. The first-order chi connectivity index (χ1) is 6.65. The lowest BCUT2D eigenvalue weighted by Gasteiger charge is -2.24. The van der Waals surface area contributed by atoms with E-state index in [2.05, 4.69) is 4.74 Å². The Morgan fingerprint density at radius 3 is 2.33 bits per heavy atom. The van der Waals surface area contributed by atoms with Crippen LogP contribution in [0.25, 0.3) is 0 Å². The van der Waals surface area contributed by atoms with Gasteiger partial charge in [0.1, 0.15) is 5.60 Å². The fourth-order valence-electron chi connectivity index (χ4n) is 1.06. The van der Waals surface area contributed by atoms with Gasteiger partial charge in [0.2, 0.25) is 5.54 Å². The SMILES string of the molecule is CC(C)(C)OC(=O)[C@@]1(N)CC(=O)OC1=O. The van der Waals surface area contributed by atoms with Crippen molar-refractivity contribution in [3.05, 3.63) is 0 Å². The molecule has 0 radical (unpaired) electrons. The summed E-state index contributed by atoms with van der Waals surface area (Å²) >= 11 is 0. The van der Waals surface area contributed by atoms with Gasteiger partial charge < -0.3 is 15.2 Å². The van der Waals surface area contributed by atoms with Crippen molar-refractivity contribution in [2.24, 2.45) is 5.73 Å². The smallest absolute Gasteiger partial charge is 0.346 e. The molecular formula is C9H13NO5. The van der Waals surface area contributed by atoms with Crippen LogP contribution in [0.15, 0.2) is 0 Å². The molecule has 1 aliphatic rings. The molecule has 0 aromatic carbocycles. The highest BCUT2D eigenvalue weighted by molar-refractivity contribution is 6.14. The van der Waals surface area contributed by atoms with Crippen LogP contribution < -0.4 is 5.73 Å². The Bertz CT molecular complexity index is 330. The van der Waals surface area contributed by atoms with E-state index in [4.69, 9.17) is 10.5 Å². The van der Waals surface area contributed by atoms with Crippen molar-refractivity contribution in [3.63, 3.8) is 0 Å². The summed E-state index contributed by atoms with van der Waals surface area (Å²) in [6.07, 6.45) is -0.471. The first-order valence-corrected chi connectivity index (χ1v) is 4.42. The molecule has 15 heavy (non-hydrogen) atoms. The number of hydrogen-bond acceptors (Lipinski definition) is 6. The highest BCUT2D eigenvalue weighted by atomic mass is 16.6. The fourth-order valence-corrected chi connectivity index (χ4v) is 1.06. The van der Waals surface area contributed by atoms with Gasteiger partial charge in [-0.05, 0) is 20.8 Å². The molecule has 0 unspecified atom stereocenters. The monoisotopic (exact) mass is 215 g/mol. The molecule has 1 fully saturated rings. The average Bonchev–Trinajstić information content (AvgIpc) is 2.23. The summed E-state index contributed by atoms with van der Waals surface area (Å²) < 4.78 is 9.14. The molecule has 0 spiro atoms. The van der Waals surface area contributed by atoms with Gasteiger partial charge in [-0.2, -0.15) is 0 Å². The molecule has 0 aromatic rings. The molecule has 6 nitrogen and oxygen atoms in total. The molecule has 84 valence electrons. The van der Waals surface area contributed by atoms with Crippen molar-refractivity contribution in [1.82, 2.24) is 0 Å². The maximum absolute atomic E-state index is 11.5. The molecule has 0 aliphatic carbocycles. The number of ether oxygens (including phenoxy) is 2. The fraction of sp³-hybridized carbons (Fsp3) is 0.667. The van der Waals surface area contributed by atoms with E-state index in [1.807, 2.05) is 0 Å². The van der Waals surface area contributed by atoms with E-state index in [-0.39, 0.29) is 0 Å². The number of rotatable bonds is 1. The van der Waals surface area contributed by atoms with Gasteiger partial charge in [-0.15, -0.1) is 0 Å². The number of cyclic esters (lactones) is 2. The van der Waals surface area contributed by atoms with Crippen LogP contribution in [0.4, 0.5) is 0 Å².